The molecule has 25 heavy (non-hydrogen) atoms. The number of rotatable bonds is 5. The first-order chi connectivity index (χ1) is 12.1. The highest BCUT2D eigenvalue weighted by Crippen LogP contribution is 2.29. The van der Waals surface area contributed by atoms with Crippen LogP contribution in [0.3, 0.4) is 0 Å². The van der Waals surface area contributed by atoms with Crippen molar-refractivity contribution in [2.75, 3.05) is 6.61 Å². The summed E-state index contributed by atoms with van der Waals surface area (Å²) in [6, 6.07) is 14.6. The summed E-state index contributed by atoms with van der Waals surface area (Å²) in [5.41, 5.74) is 2.82. The number of aryl methyl sites for hydroxylation is 1. The smallest absolute Gasteiger partial charge is 0.344 e. The lowest BCUT2D eigenvalue weighted by atomic mass is 9.99. The Bertz CT molecular complexity index is 995. The molecule has 3 aromatic rings. The lowest BCUT2D eigenvalue weighted by Gasteiger charge is -2.10. The van der Waals surface area contributed by atoms with E-state index in [4.69, 9.17) is 14.4 Å². The summed E-state index contributed by atoms with van der Waals surface area (Å²) in [7, 11) is 0. The van der Waals surface area contributed by atoms with Gasteiger partial charge >= 0.3 is 5.63 Å². The third-order valence-corrected chi connectivity index (χ3v) is 4.21. The maximum atomic E-state index is 12.5. The van der Waals surface area contributed by atoms with Gasteiger partial charge < -0.3 is 9.15 Å². The molecule has 0 N–H and O–H groups in total. The van der Waals surface area contributed by atoms with Crippen molar-refractivity contribution < 1.29 is 9.15 Å². The van der Waals surface area contributed by atoms with Crippen molar-refractivity contribution in [1.82, 2.24) is 0 Å². The minimum absolute atomic E-state index is 0.389. The van der Waals surface area contributed by atoms with Crippen LogP contribution in [0.5, 0.6) is 5.75 Å². The van der Waals surface area contributed by atoms with Gasteiger partial charge in [-0.25, -0.2) is 4.79 Å². The molecule has 0 amide bonds. The number of nitriles is 1. The molecule has 0 unspecified atom stereocenters. The molecule has 0 aliphatic rings. The first-order valence-corrected chi connectivity index (χ1v) is 8.35. The fraction of sp³-hybridized carbons (Fsp3) is 0.238. The highest BCUT2D eigenvalue weighted by molar-refractivity contribution is 5.87. The number of fused-ring (bicyclic) bond motifs is 1. The van der Waals surface area contributed by atoms with Crippen molar-refractivity contribution in [2.24, 2.45) is 0 Å². The highest BCUT2D eigenvalue weighted by Gasteiger charge is 2.14. The Morgan fingerprint density at radius 1 is 1.16 bits per heavy atom. The molecule has 0 atom stereocenters. The molecule has 3 rings (SSSR count). The zero-order chi connectivity index (χ0) is 17.8. The van der Waals surface area contributed by atoms with Crippen molar-refractivity contribution in [3.63, 3.8) is 0 Å². The minimum Gasteiger partial charge on any atom is -0.493 e. The zero-order valence-electron chi connectivity index (χ0n) is 14.3. The normalized spacial score (nSPS) is 10.6. The molecule has 0 bridgehead atoms. The monoisotopic (exact) mass is 333 g/mol. The zero-order valence-corrected chi connectivity index (χ0v) is 14.3. The number of ether oxygens (including phenoxy) is 1. The van der Waals surface area contributed by atoms with Crippen molar-refractivity contribution in [3.8, 4) is 22.9 Å². The van der Waals surface area contributed by atoms with E-state index in [1.54, 1.807) is 30.3 Å². The van der Waals surface area contributed by atoms with Gasteiger partial charge in [0, 0.05) is 11.5 Å². The molecule has 0 radical (unpaired) electrons. The quantitative estimate of drug-likeness (QED) is 0.496. The lowest BCUT2D eigenvalue weighted by Crippen LogP contribution is -2.06. The summed E-state index contributed by atoms with van der Waals surface area (Å²) in [6.45, 7) is 4.66. The van der Waals surface area contributed by atoms with Crippen molar-refractivity contribution in [3.05, 3.63) is 64.0 Å². The van der Waals surface area contributed by atoms with Crippen molar-refractivity contribution in [1.29, 1.82) is 5.26 Å². The van der Waals surface area contributed by atoms with Crippen LogP contribution < -0.4 is 10.4 Å². The SMILES string of the molecule is CCCCOc1ccc2c(C)c(-c3ccc(C#N)cc3)c(=O)oc2c1. The summed E-state index contributed by atoms with van der Waals surface area (Å²) < 4.78 is 11.2. The Kier molecular flexibility index (Phi) is 4.85. The minimum atomic E-state index is -0.389. The van der Waals surface area contributed by atoms with E-state index >= 15 is 0 Å². The number of unbranched alkanes of at least 4 members (excludes halogenated alkanes) is 1. The maximum Gasteiger partial charge on any atom is 0.344 e. The predicted octanol–water partition coefficient (Wildman–Crippen LogP) is 4.82. The second-order valence-electron chi connectivity index (χ2n) is 5.94. The first-order valence-electron chi connectivity index (χ1n) is 8.35. The van der Waals surface area contributed by atoms with Gasteiger partial charge in [-0.2, -0.15) is 5.26 Å². The van der Waals surface area contributed by atoms with E-state index in [0.717, 1.165) is 29.4 Å². The second kappa shape index (κ2) is 7.23. The Hall–Kier alpha value is -3.06. The van der Waals surface area contributed by atoms with Crippen LogP contribution >= 0.6 is 0 Å². The standard InChI is InChI=1S/C21H19NO3/c1-3-4-11-24-17-9-10-18-14(2)20(21(23)25-19(18)12-17)16-7-5-15(13-22)6-8-16/h5-10,12H,3-4,11H2,1-2H3. The van der Waals surface area contributed by atoms with Gasteiger partial charge in [0.1, 0.15) is 11.3 Å². The summed E-state index contributed by atoms with van der Waals surface area (Å²) in [6.07, 6.45) is 2.05. The molecule has 1 heterocycles. The van der Waals surface area contributed by atoms with Crippen LogP contribution in [0.1, 0.15) is 30.9 Å². The van der Waals surface area contributed by atoms with Gasteiger partial charge in [0.15, 0.2) is 0 Å². The van der Waals surface area contributed by atoms with Gasteiger partial charge in [-0.05, 0) is 48.7 Å². The maximum absolute atomic E-state index is 12.5. The Morgan fingerprint density at radius 3 is 2.60 bits per heavy atom. The molecule has 0 spiro atoms. The van der Waals surface area contributed by atoms with E-state index in [-0.39, 0.29) is 5.63 Å². The molecule has 0 aliphatic heterocycles. The molecular weight excluding hydrogens is 314 g/mol. The average molecular weight is 333 g/mol. The number of benzene rings is 2. The largest absolute Gasteiger partial charge is 0.493 e. The molecule has 1 aromatic heterocycles. The van der Waals surface area contributed by atoms with Gasteiger partial charge in [0.2, 0.25) is 0 Å². The van der Waals surface area contributed by atoms with E-state index in [1.807, 2.05) is 19.1 Å². The fourth-order valence-electron chi connectivity index (χ4n) is 2.81. The predicted molar refractivity (Wildman–Crippen MR) is 97.8 cm³/mol. The average Bonchev–Trinajstić information content (AvgIpc) is 2.62. The summed E-state index contributed by atoms with van der Waals surface area (Å²) in [4.78, 5) is 12.5. The Labute approximate surface area is 146 Å². The van der Waals surface area contributed by atoms with Crippen LogP contribution in [0.15, 0.2) is 51.7 Å². The van der Waals surface area contributed by atoms with Gasteiger partial charge in [-0.15, -0.1) is 0 Å². The highest BCUT2D eigenvalue weighted by atomic mass is 16.5. The number of hydrogen-bond donors (Lipinski definition) is 0. The van der Waals surface area contributed by atoms with Crippen LogP contribution in [0.4, 0.5) is 0 Å². The Balaban J connectivity index is 2.05. The number of hydrogen-bond acceptors (Lipinski definition) is 4. The third kappa shape index (κ3) is 3.41. The van der Waals surface area contributed by atoms with E-state index in [2.05, 4.69) is 13.0 Å². The summed E-state index contributed by atoms with van der Waals surface area (Å²) in [5.74, 6) is 0.703. The van der Waals surface area contributed by atoms with E-state index in [9.17, 15) is 4.79 Å². The van der Waals surface area contributed by atoms with Crippen molar-refractivity contribution >= 4 is 11.0 Å². The summed E-state index contributed by atoms with van der Waals surface area (Å²) in [5, 5.41) is 9.79. The van der Waals surface area contributed by atoms with Crippen molar-refractivity contribution in [2.45, 2.75) is 26.7 Å². The van der Waals surface area contributed by atoms with Gasteiger partial charge in [-0.3, -0.25) is 0 Å². The van der Waals surface area contributed by atoms with Crippen LogP contribution in [0.2, 0.25) is 0 Å². The Morgan fingerprint density at radius 2 is 1.92 bits per heavy atom. The summed E-state index contributed by atoms with van der Waals surface area (Å²) >= 11 is 0. The third-order valence-electron chi connectivity index (χ3n) is 4.21. The first kappa shape index (κ1) is 16.8. The molecule has 0 saturated heterocycles. The fourth-order valence-corrected chi connectivity index (χ4v) is 2.81. The molecular formula is C21H19NO3. The topological polar surface area (TPSA) is 63.2 Å². The lowest BCUT2D eigenvalue weighted by molar-refractivity contribution is 0.309. The van der Waals surface area contributed by atoms with Gasteiger partial charge in [0.05, 0.1) is 23.8 Å². The molecule has 0 saturated carbocycles. The van der Waals surface area contributed by atoms with Gasteiger partial charge in [0.25, 0.3) is 0 Å². The number of nitrogens with zero attached hydrogens (tertiary/aromatic N) is 1. The van der Waals surface area contributed by atoms with E-state index < -0.39 is 0 Å². The second-order valence-corrected chi connectivity index (χ2v) is 5.94. The molecule has 0 fully saturated rings. The van der Waals surface area contributed by atoms with Crippen LogP contribution in [-0.4, -0.2) is 6.61 Å². The molecule has 126 valence electrons. The van der Waals surface area contributed by atoms with Crippen LogP contribution in [0.25, 0.3) is 22.1 Å². The van der Waals surface area contributed by atoms with Crippen LogP contribution in [-0.2, 0) is 0 Å². The molecule has 0 aliphatic carbocycles. The van der Waals surface area contributed by atoms with E-state index in [0.29, 0.717) is 29.1 Å². The van der Waals surface area contributed by atoms with Crippen LogP contribution in [0, 0.1) is 18.3 Å². The van der Waals surface area contributed by atoms with Gasteiger partial charge in [-0.1, -0.05) is 25.5 Å². The molecule has 4 heteroatoms. The molecule has 4 nitrogen and oxygen atoms in total. The van der Waals surface area contributed by atoms with E-state index in [1.165, 1.54) is 0 Å². The molecule has 2 aromatic carbocycles.